The summed E-state index contributed by atoms with van der Waals surface area (Å²) in [5, 5.41) is 20.6. The monoisotopic (exact) mass is 414 g/mol. The number of ether oxygens (including phenoxy) is 2. The molecule has 0 aliphatic carbocycles. The minimum Gasteiger partial charge on any atom is -0.469 e. The molecule has 0 fully saturated rings. The van der Waals surface area contributed by atoms with E-state index in [4.69, 9.17) is 13.9 Å². The van der Waals surface area contributed by atoms with Gasteiger partial charge in [0.25, 0.3) is 5.69 Å². The molecule has 1 aliphatic heterocycles. The van der Waals surface area contributed by atoms with Crippen LogP contribution in [0.15, 0.2) is 46.7 Å². The van der Waals surface area contributed by atoms with Crippen LogP contribution in [0.4, 0.5) is 5.69 Å². The number of allylic oxidation sites excluding steroid dienone is 1. The maximum Gasteiger partial charge on any atom is 0.270 e. The lowest BCUT2D eigenvalue weighted by Gasteiger charge is -2.20. The molecule has 10 heteroatoms. The normalized spacial score (nSPS) is 13.0. The summed E-state index contributed by atoms with van der Waals surface area (Å²) >= 11 is 1.42. The molecule has 0 spiro atoms. The van der Waals surface area contributed by atoms with Gasteiger partial charge in [0.15, 0.2) is 17.8 Å². The van der Waals surface area contributed by atoms with Gasteiger partial charge in [-0.3, -0.25) is 14.7 Å². The molecule has 0 saturated carbocycles. The van der Waals surface area contributed by atoms with Gasteiger partial charge in [0.1, 0.15) is 11.5 Å². The van der Waals surface area contributed by atoms with Crippen molar-refractivity contribution in [3.8, 4) is 17.1 Å². The summed E-state index contributed by atoms with van der Waals surface area (Å²) in [6.45, 7) is 6.60. The Morgan fingerprint density at radius 1 is 1.41 bits per heavy atom. The summed E-state index contributed by atoms with van der Waals surface area (Å²) in [5.74, 6) is 2.50. The van der Waals surface area contributed by atoms with E-state index in [1.807, 2.05) is 17.6 Å². The van der Waals surface area contributed by atoms with Crippen molar-refractivity contribution in [2.24, 2.45) is 0 Å². The molecule has 0 atom stereocenters. The van der Waals surface area contributed by atoms with Crippen LogP contribution in [0, 0.1) is 17.0 Å². The van der Waals surface area contributed by atoms with Crippen LogP contribution < -0.4 is 4.74 Å². The Balaban J connectivity index is 1.65. The fourth-order valence-electron chi connectivity index (χ4n) is 3.14. The van der Waals surface area contributed by atoms with Crippen molar-refractivity contribution >= 4 is 17.4 Å². The van der Waals surface area contributed by atoms with Crippen molar-refractivity contribution in [2.75, 3.05) is 6.79 Å². The number of rotatable bonds is 7. The van der Waals surface area contributed by atoms with Crippen LogP contribution in [0.2, 0.25) is 0 Å². The Kier molecular flexibility index (Phi) is 5.36. The molecule has 0 bridgehead atoms. The highest BCUT2D eigenvalue weighted by Gasteiger charge is 2.22. The lowest BCUT2D eigenvalue weighted by molar-refractivity contribution is -0.385. The molecule has 1 aromatic carbocycles. The number of hydrogen-bond acceptors (Lipinski definition) is 8. The lowest BCUT2D eigenvalue weighted by atomic mass is 10.1. The summed E-state index contributed by atoms with van der Waals surface area (Å²) < 4.78 is 18.2. The average molecular weight is 414 g/mol. The zero-order valence-corrected chi connectivity index (χ0v) is 16.5. The Labute approximate surface area is 170 Å². The first kappa shape index (κ1) is 19.2. The fraction of sp³-hybridized carbons (Fsp3) is 0.263. The van der Waals surface area contributed by atoms with Crippen LogP contribution in [0.25, 0.3) is 11.4 Å². The third kappa shape index (κ3) is 3.76. The van der Waals surface area contributed by atoms with Gasteiger partial charge in [-0.2, -0.15) is 0 Å². The van der Waals surface area contributed by atoms with Gasteiger partial charge in [-0.25, -0.2) is 0 Å². The smallest absolute Gasteiger partial charge is 0.270 e. The Bertz CT molecular complexity index is 1070. The highest BCUT2D eigenvalue weighted by molar-refractivity contribution is 7.98. The van der Waals surface area contributed by atoms with Gasteiger partial charge in [0.05, 0.1) is 23.4 Å². The van der Waals surface area contributed by atoms with Crippen LogP contribution in [-0.4, -0.2) is 26.5 Å². The van der Waals surface area contributed by atoms with Crippen LogP contribution >= 0.6 is 11.8 Å². The molecular weight excluding hydrogens is 396 g/mol. The second-order valence-corrected chi connectivity index (χ2v) is 7.29. The van der Waals surface area contributed by atoms with Crippen LogP contribution in [0.1, 0.15) is 16.9 Å². The van der Waals surface area contributed by atoms with Gasteiger partial charge in [0, 0.05) is 35.6 Å². The van der Waals surface area contributed by atoms with Gasteiger partial charge in [-0.15, -0.1) is 16.8 Å². The Morgan fingerprint density at radius 2 is 2.28 bits per heavy atom. The van der Waals surface area contributed by atoms with Gasteiger partial charge in [0.2, 0.25) is 0 Å². The van der Waals surface area contributed by atoms with Crippen LogP contribution in [0.3, 0.4) is 0 Å². The number of non-ortho nitro benzene ring substituents is 1. The second kappa shape index (κ2) is 8.10. The molecule has 3 aromatic rings. The highest BCUT2D eigenvalue weighted by Crippen LogP contribution is 2.36. The van der Waals surface area contributed by atoms with E-state index in [0.29, 0.717) is 34.6 Å². The first-order chi connectivity index (χ1) is 14.1. The summed E-state index contributed by atoms with van der Waals surface area (Å²) in [5.41, 5.74) is 2.26. The SMILES string of the molecule is C=CCn1c(SCc2cc([N+](=O)[O-])cc3c2OCOC3)nnc1-c1ccoc1C. The van der Waals surface area contributed by atoms with E-state index in [0.717, 1.165) is 16.9 Å². The average Bonchev–Trinajstić information content (AvgIpc) is 3.31. The van der Waals surface area contributed by atoms with E-state index in [-0.39, 0.29) is 19.1 Å². The largest absolute Gasteiger partial charge is 0.469 e. The number of benzene rings is 1. The zero-order chi connectivity index (χ0) is 20.4. The molecule has 29 heavy (non-hydrogen) atoms. The van der Waals surface area contributed by atoms with Gasteiger partial charge < -0.3 is 13.9 Å². The van der Waals surface area contributed by atoms with Crippen molar-refractivity contribution in [1.29, 1.82) is 0 Å². The predicted octanol–water partition coefficient (Wildman–Crippen LogP) is 4.10. The van der Waals surface area contributed by atoms with Gasteiger partial charge >= 0.3 is 0 Å². The van der Waals surface area contributed by atoms with Gasteiger partial charge in [-0.1, -0.05) is 17.8 Å². The molecule has 4 rings (SSSR count). The number of aryl methyl sites for hydroxylation is 1. The predicted molar refractivity (Wildman–Crippen MR) is 106 cm³/mol. The number of nitrogens with zero attached hydrogens (tertiary/aromatic N) is 4. The van der Waals surface area contributed by atoms with Crippen LogP contribution in [-0.2, 0) is 23.6 Å². The number of aromatic nitrogens is 3. The molecule has 0 saturated heterocycles. The third-order valence-corrected chi connectivity index (χ3v) is 5.48. The van der Waals surface area contributed by atoms with E-state index in [1.54, 1.807) is 12.3 Å². The number of nitro groups is 1. The Morgan fingerprint density at radius 3 is 3.00 bits per heavy atom. The van der Waals surface area contributed by atoms with Crippen LogP contribution in [0.5, 0.6) is 5.75 Å². The molecular formula is C19H18N4O5S. The van der Waals surface area contributed by atoms with E-state index < -0.39 is 4.92 Å². The topological polar surface area (TPSA) is 105 Å². The Hall–Kier alpha value is -3.11. The quantitative estimate of drug-likeness (QED) is 0.246. The number of fused-ring (bicyclic) bond motifs is 1. The minimum atomic E-state index is -0.414. The van der Waals surface area contributed by atoms with E-state index in [9.17, 15) is 10.1 Å². The molecule has 2 aromatic heterocycles. The van der Waals surface area contributed by atoms with Crippen molar-refractivity contribution in [3.05, 3.63) is 64.1 Å². The molecule has 9 nitrogen and oxygen atoms in total. The van der Waals surface area contributed by atoms with E-state index in [1.165, 1.54) is 23.9 Å². The molecule has 150 valence electrons. The number of hydrogen-bond donors (Lipinski definition) is 0. The molecule has 3 heterocycles. The summed E-state index contributed by atoms with van der Waals surface area (Å²) in [4.78, 5) is 10.9. The summed E-state index contributed by atoms with van der Waals surface area (Å²) in [6, 6.07) is 4.87. The summed E-state index contributed by atoms with van der Waals surface area (Å²) in [6.07, 6.45) is 3.38. The molecule has 0 N–H and O–H groups in total. The molecule has 1 aliphatic rings. The first-order valence-corrected chi connectivity index (χ1v) is 9.79. The molecule has 0 radical (unpaired) electrons. The fourth-order valence-corrected chi connectivity index (χ4v) is 4.06. The molecule has 0 amide bonds. The maximum atomic E-state index is 11.3. The molecule has 0 unspecified atom stereocenters. The van der Waals surface area contributed by atoms with Crippen molar-refractivity contribution in [1.82, 2.24) is 14.8 Å². The lowest BCUT2D eigenvalue weighted by Crippen LogP contribution is -2.13. The first-order valence-electron chi connectivity index (χ1n) is 8.80. The highest BCUT2D eigenvalue weighted by atomic mass is 32.2. The number of nitro benzene ring substituents is 1. The van der Waals surface area contributed by atoms with E-state index in [2.05, 4.69) is 16.8 Å². The zero-order valence-electron chi connectivity index (χ0n) is 15.7. The number of thioether (sulfide) groups is 1. The van der Waals surface area contributed by atoms with Crippen molar-refractivity contribution in [3.63, 3.8) is 0 Å². The maximum absolute atomic E-state index is 11.3. The summed E-state index contributed by atoms with van der Waals surface area (Å²) in [7, 11) is 0. The van der Waals surface area contributed by atoms with Crippen molar-refractivity contribution in [2.45, 2.75) is 31.0 Å². The third-order valence-electron chi connectivity index (χ3n) is 4.47. The van der Waals surface area contributed by atoms with Gasteiger partial charge in [-0.05, 0) is 13.0 Å². The second-order valence-electron chi connectivity index (χ2n) is 6.35. The standard InChI is InChI=1S/C19H18N4O5S/c1-3-5-22-18(16-4-6-27-12(16)2)20-21-19(22)29-10-14-8-15(23(24)25)7-13-9-26-11-28-17(13)14/h3-4,6-8H,1,5,9-11H2,2H3. The minimum absolute atomic E-state index is 0.00993. The van der Waals surface area contributed by atoms with E-state index >= 15 is 0 Å². The van der Waals surface area contributed by atoms with Crippen molar-refractivity contribution < 1.29 is 18.8 Å². The number of furan rings is 1.